The Morgan fingerprint density at radius 1 is 1.48 bits per heavy atom. The Morgan fingerprint density at radius 2 is 2.33 bits per heavy atom. The van der Waals surface area contributed by atoms with Gasteiger partial charge in [-0.15, -0.1) is 11.3 Å². The number of anilines is 1. The smallest absolute Gasteiger partial charge is 0.227 e. The fourth-order valence-corrected chi connectivity index (χ4v) is 3.43. The molecule has 110 valence electrons. The van der Waals surface area contributed by atoms with Gasteiger partial charge in [-0.25, -0.2) is 4.39 Å². The molecule has 21 heavy (non-hydrogen) atoms. The first-order valence-electron chi connectivity index (χ1n) is 6.87. The summed E-state index contributed by atoms with van der Waals surface area (Å²) in [5.74, 6) is -0.480. The second-order valence-corrected chi connectivity index (χ2v) is 6.08. The molecule has 3 rings (SSSR count). The van der Waals surface area contributed by atoms with E-state index < -0.39 is 0 Å². The van der Waals surface area contributed by atoms with E-state index in [0.717, 1.165) is 11.3 Å². The lowest BCUT2D eigenvalue weighted by Crippen LogP contribution is -2.21. The van der Waals surface area contributed by atoms with Gasteiger partial charge >= 0.3 is 0 Å². The predicted molar refractivity (Wildman–Crippen MR) is 81.1 cm³/mol. The second kappa shape index (κ2) is 5.95. The summed E-state index contributed by atoms with van der Waals surface area (Å²) in [6.07, 6.45) is 0.965. The fraction of sp³-hybridized carbons (Fsp3) is 0.312. The van der Waals surface area contributed by atoms with Gasteiger partial charge in [0.1, 0.15) is 11.9 Å². The highest BCUT2D eigenvalue weighted by atomic mass is 32.1. The van der Waals surface area contributed by atoms with Crippen molar-refractivity contribution < 1.29 is 13.9 Å². The first-order chi connectivity index (χ1) is 10.1. The van der Waals surface area contributed by atoms with E-state index in [1.807, 2.05) is 5.38 Å². The number of carbonyl (C=O) groups excluding carboxylic acids is 1. The standard InChI is InChI=1S/C16H16FNO2S/c1-10-2-3-12(8-13(10)17)18-15(19)9-14-16-11(4-6-20-14)5-7-21-16/h2-3,5,7-8,14H,4,6,9H2,1H3,(H,18,19). The minimum absolute atomic E-state index is 0.162. The molecule has 1 aliphatic rings. The highest BCUT2D eigenvalue weighted by Gasteiger charge is 2.24. The monoisotopic (exact) mass is 305 g/mol. The minimum Gasteiger partial charge on any atom is -0.372 e. The Labute approximate surface area is 126 Å². The highest BCUT2D eigenvalue weighted by molar-refractivity contribution is 7.10. The van der Waals surface area contributed by atoms with E-state index in [1.165, 1.54) is 11.6 Å². The molecule has 1 aliphatic heterocycles. The number of halogens is 1. The van der Waals surface area contributed by atoms with E-state index in [9.17, 15) is 9.18 Å². The van der Waals surface area contributed by atoms with Crippen LogP contribution in [0.15, 0.2) is 29.6 Å². The summed E-state index contributed by atoms with van der Waals surface area (Å²) in [5, 5.41) is 4.75. The largest absolute Gasteiger partial charge is 0.372 e. The van der Waals surface area contributed by atoms with Crippen molar-refractivity contribution in [1.29, 1.82) is 0 Å². The number of ether oxygens (including phenoxy) is 1. The summed E-state index contributed by atoms with van der Waals surface area (Å²) in [5.41, 5.74) is 2.31. The molecule has 0 aliphatic carbocycles. The first-order valence-corrected chi connectivity index (χ1v) is 7.75. The average molecular weight is 305 g/mol. The topological polar surface area (TPSA) is 38.3 Å². The molecule has 0 fully saturated rings. The van der Waals surface area contributed by atoms with E-state index in [4.69, 9.17) is 4.74 Å². The fourth-order valence-electron chi connectivity index (χ4n) is 2.43. The van der Waals surface area contributed by atoms with Crippen molar-refractivity contribution in [2.24, 2.45) is 0 Å². The molecule has 1 unspecified atom stereocenters. The zero-order chi connectivity index (χ0) is 14.8. The number of hydrogen-bond donors (Lipinski definition) is 1. The number of aryl methyl sites for hydroxylation is 1. The van der Waals surface area contributed by atoms with E-state index in [2.05, 4.69) is 11.4 Å². The van der Waals surface area contributed by atoms with E-state index in [-0.39, 0.29) is 24.2 Å². The zero-order valence-electron chi connectivity index (χ0n) is 11.7. The highest BCUT2D eigenvalue weighted by Crippen LogP contribution is 2.34. The first kappa shape index (κ1) is 14.2. The summed E-state index contributed by atoms with van der Waals surface area (Å²) in [6.45, 7) is 2.33. The van der Waals surface area contributed by atoms with Crippen molar-refractivity contribution in [3.05, 3.63) is 51.5 Å². The molecule has 2 heterocycles. The molecule has 0 saturated heterocycles. The van der Waals surface area contributed by atoms with E-state index in [0.29, 0.717) is 17.9 Å². The van der Waals surface area contributed by atoms with Gasteiger partial charge in [0.25, 0.3) is 0 Å². The van der Waals surface area contributed by atoms with Gasteiger partial charge in [-0.2, -0.15) is 0 Å². The molecule has 1 N–H and O–H groups in total. The maximum Gasteiger partial charge on any atom is 0.227 e. The Balaban J connectivity index is 1.66. The van der Waals surface area contributed by atoms with Crippen LogP contribution in [0.3, 0.4) is 0 Å². The third kappa shape index (κ3) is 3.14. The lowest BCUT2D eigenvalue weighted by atomic mass is 10.1. The van der Waals surface area contributed by atoms with Gasteiger partial charge in [0.15, 0.2) is 0 Å². The Kier molecular flexibility index (Phi) is 4.03. The maximum atomic E-state index is 13.5. The molecule has 1 atom stereocenters. The molecule has 0 spiro atoms. The van der Waals surface area contributed by atoms with Crippen LogP contribution >= 0.6 is 11.3 Å². The molecular formula is C16H16FNO2S. The third-order valence-electron chi connectivity index (χ3n) is 3.59. The van der Waals surface area contributed by atoms with Crippen molar-refractivity contribution in [3.63, 3.8) is 0 Å². The Hall–Kier alpha value is -1.72. The molecule has 0 bridgehead atoms. The summed E-state index contributed by atoms with van der Waals surface area (Å²) >= 11 is 1.62. The maximum absolute atomic E-state index is 13.5. The van der Waals surface area contributed by atoms with Crippen LogP contribution in [0.5, 0.6) is 0 Å². The summed E-state index contributed by atoms with van der Waals surface area (Å²) in [7, 11) is 0. The van der Waals surface area contributed by atoms with Crippen molar-refractivity contribution in [1.82, 2.24) is 0 Å². The lowest BCUT2D eigenvalue weighted by Gasteiger charge is -2.22. The molecule has 1 amide bonds. The van der Waals surface area contributed by atoms with Crippen molar-refractivity contribution in [2.75, 3.05) is 11.9 Å². The van der Waals surface area contributed by atoms with Gasteiger partial charge in [0.2, 0.25) is 5.91 Å². The molecule has 0 radical (unpaired) electrons. The lowest BCUT2D eigenvalue weighted by molar-refractivity contribution is -0.119. The molecular weight excluding hydrogens is 289 g/mol. The van der Waals surface area contributed by atoms with Gasteiger partial charge in [0.05, 0.1) is 13.0 Å². The number of rotatable bonds is 3. The summed E-state index contributed by atoms with van der Waals surface area (Å²) < 4.78 is 19.2. The van der Waals surface area contributed by atoms with Gasteiger partial charge in [-0.1, -0.05) is 6.07 Å². The minimum atomic E-state index is -0.317. The zero-order valence-corrected chi connectivity index (χ0v) is 12.5. The normalized spacial score (nSPS) is 17.3. The van der Waals surface area contributed by atoms with Gasteiger partial charge in [0, 0.05) is 10.6 Å². The van der Waals surface area contributed by atoms with Crippen molar-refractivity contribution >= 4 is 22.9 Å². The molecule has 1 aromatic heterocycles. The third-order valence-corrected chi connectivity index (χ3v) is 4.64. The summed E-state index contributed by atoms with van der Waals surface area (Å²) in [6, 6.07) is 6.78. The van der Waals surface area contributed by atoms with Crippen molar-refractivity contribution in [3.8, 4) is 0 Å². The van der Waals surface area contributed by atoms with Crippen LogP contribution in [0.2, 0.25) is 0 Å². The number of hydrogen-bond acceptors (Lipinski definition) is 3. The number of amides is 1. The SMILES string of the molecule is Cc1ccc(NC(=O)CC2OCCc3ccsc32)cc1F. The molecule has 0 saturated carbocycles. The number of fused-ring (bicyclic) bond motifs is 1. The van der Waals surface area contributed by atoms with E-state index >= 15 is 0 Å². The van der Waals surface area contributed by atoms with Crippen LogP contribution in [-0.2, 0) is 16.0 Å². The van der Waals surface area contributed by atoms with Gasteiger partial charge in [-0.05, 0) is 48.1 Å². The van der Waals surface area contributed by atoms with Crippen LogP contribution in [0.4, 0.5) is 10.1 Å². The second-order valence-electron chi connectivity index (χ2n) is 5.14. The van der Waals surface area contributed by atoms with Crippen LogP contribution in [-0.4, -0.2) is 12.5 Å². The van der Waals surface area contributed by atoms with Crippen LogP contribution in [0.1, 0.15) is 28.5 Å². The van der Waals surface area contributed by atoms with Crippen LogP contribution in [0, 0.1) is 12.7 Å². The van der Waals surface area contributed by atoms with Crippen molar-refractivity contribution in [2.45, 2.75) is 25.9 Å². The number of benzene rings is 1. The van der Waals surface area contributed by atoms with E-state index in [1.54, 1.807) is 30.4 Å². The van der Waals surface area contributed by atoms with Gasteiger partial charge < -0.3 is 10.1 Å². The Bertz CT molecular complexity index is 668. The van der Waals surface area contributed by atoms with Gasteiger partial charge in [-0.3, -0.25) is 4.79 Å². The van der Waals surface area contributed by atoms with Crippen LogP contribution in [0.25, 0.3) is 0 Å². The number of nitrogens with one attached hydrogen (secondary N) is 1. The molecule has 3 nitrogen and oxygen atoms in total. The summed E-state index contributed by atoms with van der Waals surface area (Å²) in [4.78, 5) is 13.2. The predicted octanol–water partition coefficient (Wildman–Crippen LogP) is 3.84. The quantitative estimate of drug-likeness (QED) is 0.935. The molecule has 2 aromatic rings. The Morgan fingerprint density at radius 3 is 3.14 bits per heavy atom. The number of carbonyl (C=O) groups is 1. The number of thiophene rings is 1. The molecule has 1 aromatic carbocycles. The average Bonchev–Trinajstić information content (AvgIpc) is 2.92. The molecule has 5 heteroatoms. The van der Waals surface area contributed by atoms with Crippen LogP contribution < -0.4 is 5.32 Å².